The molecule has 0 aliphatic rings. The number of rotatable bonds is 14. The van der Waals surface area contributed by atoms with Gasteiger partial charge in [0, 0.05) is 13.2 Å². The van der Waals surface area contributed by atoms with E-state index in [1.165, 1.54) is 55.8 Å². The van der Waals surface area contributed by atoms with Crippen molar-refractivity contribution in [2.75, 3.05) is 33.2 Å². The number of unbranched alkanes of at least 4 members (excludes halogenated alkanes) is 5. The van der Waals surface area contributed by atoms with Gasteiger partial charge in [-0.3, -0.25) is 0 Å². The zero-order chi connectivity index (χ0) is 19.5. The van der Waals surface area contributed by atoms with Gasteiger partial charge in [-0.1, -0.05) is 0 Å². The fourth-order valence-corrected chi connectivity index (χ4v) is 6.16. The van der Waals surface area contributed by atoms with E-state index in [0.717, 1.165) is 19.6 Å². The Labute approximate surface area is 170 Å². The van der Waals surface area contributed by atoms with Crippen LogP contribution in [-0.4, -0.2) is 39.5 Å². The van der Waals surface area contributed by atoms with Crippen molar-refractivity contribution in [1.82, 2.24) is 0 Å². The van der Waals surface area contributed by atoms with Crippen molar-refractivity contribution in [3.8, 4) is 0 Å². The van der Waals surface area contributed by atoms with Crippen LogP contribution in [0.2, 0.25) is 0 Å². The predicted molar refractivity (Wildman–Crippen MR) is 123 cm³/mol. The Morgan fingerprint density at radius 1 is 0.846 bits per heavy atom. The molecule has 0 aromatic heterocycles. The van der Waals surface area contributed by atoms with Crippen molar-refractivity contribution in [3.05, 3.63) is 29.8 Å². The molecule has 4 heteroatoms. The second kappa shape index (κ2) is 11.8. The Hall–Kier alpha value is 0.0500. The molecule has 0 radical (unpaired) electrons. The van der Waals surface area contributed by atoms with E-state index in [0.29, 0.717) is 0 Å². The molecular formula is C22H40BrO2P. The van der Waals surface area contributed by atoms with Crippen LogP contribution in [0.25, 0.3) is 0 Å². The predicted octanol–water partition coefficient (Wildman–Crippen LogP) is 6.74. The summed E-state index contributed by atoms with van der Waals surface area (Å²) in [6, 6.07) is 8.99. The summed E-state index contributed by atoms with van der Waals surface area (Å²) in [6.45, 7) is 12.7. The number of halogens is 1. The van der Waals surface area contributed by atoms with Crippen LogP contribution in [0.5, 0.6) is 0 Å². The molecule has 0 amide bonds. The third-order valence-electron chi connectivity index (χ3n) is 4.65. The third-order valence-corrected chi connectivity index (χ3v) is 7.86. The van der Waals surface area contributed by atoms with E-state index in [-0.39, 0.29) is 6.29 Å². The molecule has 0 aliphatic heterocycles. The first kappa shape index (κ1) is 24.1. The molecule has 0 atom stereocenters. The summed E-state index contributed by atoms with van der Waals surface area (Å²) in [5.74, 6) is 0. The Morgan fingerprint density at radius 3 is 1.96 bits per heavy atom. The van der Waals surface area contributed by atoms with E-state index >= 15 is 0 Å². The first-order chi connectivity index (χ1) is 12.2. The Balaban J connectivity index is 2.23. The quantitative estimate of drug-likeness (QED) is 0.179. The summed E-state index contributed by atoms with van der Waals surface area (Å²) in [5, 5.41) is -0.332. The number of hydrogen-bond donors (Lipinski definition) is 0. The van der Waals surface area contributed by atoms with Gasteiger partial charge < -0.3 is 0 Å². The summed E-state index contributed by atoms with van der Waals surface area (Å²) in [6.07, 6.45) is 9.97. The monoisotopic (exact) mass is 446 g/mol. The molecule has 0 bridgehead atoms. The molecule has 0 unspecified atom stereocenters. The van der Waals surface area contributed by atoms with Gasteiger partial charge in [-0.25, -0.2) is 0 Å². The second-order valence-corrected chi connectivity index (χ2v) is 21.4. The molecule has 0 spiro atoms. The molecule has 1 aromatic rings. The van der Waals surface area contributed by atoms with Gasteiger partial charge in [0.25, 0.3) is 0 Å². The average molecular weight is 447 g/mol. The van der Waals surface area contributed by atoms with E-state index in [9.17, 15) is 0 Å². The number of aryl methyl sites for hydroxylation is 1. The molecule has 152 valence electrons. The van der Waals surface area contributed by atoms with Crippen molar-refractivity contribution in [2.24, 2.45) is 0 Å². The van der Waals surface area contributed by atoms with Crippen molar-refractivity contribution < 1.29 is 9.47 Å². The molecular weight excluding hydrogens is 407 g/mol. The molecule has 26 heavy (non-hydrogen) atoms. The van der Waals surface area contributed by atoms with E-state index in [1.807, 2.05) is 13.8 Å². The molecule has 0 saturated heterocycles. The average Bonchev–Trinajstić information content (AvgIpc) is 2.56. The number of ether oxygens (including phenoxy) is 2. The van der Waals surface area contributed by atoms with Crippen LogP contribution < -0.4 is 5.30 Å². The van der Waals surface area contributed by atoms with Gasteiger partial charge in [0.1, 0.15) is 0 Å². The first-order valence-corrected chi connectivity index (χ1v) is 15.9. The number of benzene rings is 1. The minimum Gasteiger partial charge on any atom is -0.0414 e. The summed E-state index contributed by atoms with van der Waals surface area (Å²) in [5.41, 5.74) is 1.53. The van der Waals surface area contributed by atoms with Gasteiger partial charge in [-0.15, -0.1) is 0 Å². The third kappa shape index (κ3) is 9.83. The zero-order valence-corrected chi connectivity index (χ0v) is 20.1. The minimum absolute atomic E-state index is 0.000566. The summed E-state index contributed by atoms with van der Waals surface area (Å²) in [4.78, 5) is 0. The SMILES string of the molecule is CCOC(CCCCCCCCc1ccccc1P(C)(C)(C)Br)OCC. The summed E-state index contributed by atoms with van der Waals surface area (Å²) >= 11 is 4.04. The van der Waals surface area contributed by atoms with E-state index < -0.39 is 5.31 Å². The fourth-order valence-electron chi connectivity index (χ4n) is 3.38. The molecule has 1 aromatic carbocycles. The van der Waals surface area contributed by atoms with Gasteiger partial charge in [0.2, 0.25) is 0 Å². The molecule has 2 nitrogen and oxygen atoms in total. The summed E-state index contributed by atoms with van der Waals surface area (Å²) in [7, 11) is 0. The van der Waals surface area contributed by atoms with Crippen LogP contribution in [0.15, 0.2) is 24.3 Å². The standard InChI is InChI=1S/C22H40BrO2P/c1-6-24-22(25-7-2)19-13-11-9-8-10-12-16-20-17-14-15-18-21(20)26(3,4,5)23/h14-15,17-18,22H,6-13,16,19H2,1-5H3. The van der Waals surface area contributed by atoms with Crippen LogP contribution in [0.4, 0.5) is 0 Å². The molecule has 0 aliphatic carbocycles. The molecule has 0 fully saturated rings. The topological polar surface area (TPSA) is 18.5 Å². The first-order valence-electron chi connectivity index (χ1n) is 10.3. The maximum atomic E-state index is 5.60. The van der Waals surface area contributed by atoms with Crippen LogP contribution in [0, 0.1) is 0 Å². The van der Waals surface area contributed by atoms with Gasteiger partial charge in [-0.05, 0) is 13.8 Å². The molecule has 0 saturated carbocycles. The van der Waals surface area contributed by atoms with Gasteiger partial charge in [0.05, 0.1) is 0 Å². The van der Waals surface area contributed by atoms with Crippen LogP contribution in [0.1, 0.15) is 64.4 Å². The van der Waals surface area contributed by atoms with Crippen molar-refractivity contribution in [1.29, 1.82) is 0 Å². The smallest absolute Gasteiger partial charge is 0.0414 e. The molecule has 1 rings (SSSR count). The van der Waals surface area contributed by atoms with Crippen molar-refractivity contribution in [3.63, 3.8) is 0 Å². The van der Waals surface area contributed by atoms with Gasteiger partial charge >= 0.3 is 143 Å². The van der Waals surface area contributed by atoms with Crippen LogP contribution >= 0.6 is 20.8 Å². The van der Waals surface area contributed by atoms with E-state index in [2.05, 4.69) is 59.7 Å². The van der Waals surface area contributed by atoms with E-state index in [1.54, 1.807) is 0 Å². The maximum absolute atomic E-state index is 5.60. The summed E-state index contributed by atoms with van der Waals surface area (Å²) < 4.78 is 11.2. The van der Waals surface area contributed by atoms with Crippen molar-refractivity contribution >= 4 is 26.1 Å². The molecule has 0 N–H and O–H groups in total. The van der Waals surface area contributed by atoms with Gasteiger partial charge in [0.15, 0.2) is 0 Å². The second-order valence-electron chi connectivity index (χ2n) is 8.23. The van der Waals surface area contributed by atoms with Gasteiger partial charge in [-0.2, -0.15) is 0 Å². The van der Waals surface area contributed by atoms with E-state index in [4.69, 9.17) is 9.47 Å². The fraction of sp³-hybridized carbons (Fsp3) is 0.727. The Bertz CT molecular complexity index is 495. The Morgan fingerprint density at radius 2 is 1.38 bits per heavy atom. The Kier molecular flexibility index (Phi) is 10.9. The number of hydrogen-bond acceptors (Lipinski definition) is 2. The minimum atomic E-state index is -1.87. The molecule has 0 heterocycles. The van der Waals surface area contributed by atoms with Crippen LogP contribution in [-0.2, 0) is 15.9 Å². The van der Waals surface area contributed by atoms with Crippen molar-refractivity contribution in [2.45, 2.75) is 71.5 Å². The van der Waals surface area contributed by atoms with Crippen LogP contribution in [0.3, 0.4) is 0 Å². The normalized spacial score (nSPS) is 13.7. The zero-order valence-electron chi connectivity index (χ0n) is 17.6.